The molecule has 11 heavy (non-hydrogen) atoms. The normalized spacial score (nSPS) is 40.8. The third-order valence-corrected chi connectivity index (χ3v) is 2.79. The summed E-state index contributed by atoms with van der Waals surface area (Å²) in [7, 11) is 4.12. The van der Waals surface area contributed by atoms with Gasteiger partial charge in [-0.25, -0.2) is 0 Å². The molecule has 0 heterocycles. The molecule has 2 heteroatoms. The van der Waals surface area contributed by atoms with E-state index in [4.69, 9.17) is 0 Å². The summed E-state index contributed by atoms with van der Waals surface area (Å²) in [6, 6.07) is 0.716. The van der Waals surface area contributed by atoms with Crippen molar-refractivity contribution >= 4 is 0 Å². The predicted octanol–water partition coefficient (Wildman–Crippen LogP) is 1.02. The van der Waals surface area contributed by atoms with Crippen molar-refractivity contribution in [2.75, 3.05) is 14.1 Å². The van der Waals surface area contributed by atoms with Gasteiger partial charge < -0.3 is 0 Å². The van der Waals surface area contributed by atoms with Gasteiger partial charge in [-0.3, -0.25) is 10.4 Å². The highest BCUT2D eigenvalue weighted by atomic mass is 15.5. The average molecular weight is 152 g/mol. The minimum atomic E-state index is 0.716. The van der Waals surface area contributed by atoms with Gasteiger partial charge in [-0.15, -0.1) is 0 Å². The van der Waals surface area contributed by atoms with Gasteiger partial charge in [-0.05, 0) is 24.7 Å². The zero-order chi connectivity index (χ0) is 7.84. The van der Waals surface area contributed by atoms with Crippen LogP contribution in [-0.4, -0.2) is 25.1 Å². The van der Waals surface area contributed by atoms with Crippen molar-refractivity contribution in [3.8, 4) is 0 Å². The summed E-state index contributed by atoms with van der Waals surface area (Å²) in [6.07, 6.45) is 7.37. The van der Waals surface area contributed by atoms with Crippen LogP contribution in [0.3, 0.4) is 0 Å². The standard InChI is InChI=1S/C9H16N2/c1-11(2)10-9-6-7-4-3-5-8(7)9/h3,5,7-10H,4,6H2,1-2H3. The molecule has 2 aliphatic carbocycles. The maximum Gasteiger partial charge on any atom is 0.0283 e. The fraction of sp³-hybridized carbons (Fsp3) is 0.778. The number of hydrogen-bond donors (Lipinski definition) is 1. The molecule has 0 bridgehead atoms. The molecule has 0 radical (unpaired) electrons. The molecule has 0 aromatic heterocycles. The van der Waals surface area contributed by atoms with E-state index in [9.17, 15) is 0 Å². The second kappa shape index (κ2) is 2.61. The lowest BCUT2D eigenvalue weighted by Crippen LogP contribution is -2.52. The van der Waals surface area contributed by atoms with Crippen molar-refractivity contribution in [3.05, 3.63) is 12.2 Å². The second-order valence-electron chi connectivity index (χ2n) is 3.87. The lowest BCUT2D eigenvalue weighted by Gasteiger charge is -2.42. The van der Waals surface area contributed by atoms with Crippen LogP contribution < -0.4 is 5.43 Å². The van der Waals surface area contributed by atoms with Gasteiger partial charge in [0.15, 0.2) is 0 Å². The first kappa shape index (κ1) is 7.32. The van der Waals surface area contributed by atoms with Gasteiger partial charge in [0.25, 0.3) is 0 Å². The van der Waals surface area contributed by atoms with Crippen LogP contribution in [0.25, 0.3) is 0 Å². The molecular formula is C9H16N2. The van der Waals surface area contributed by atoms with Gasteiger partial charge in [-0.2, -0.15) is 0 Å². The molecule has 0 aromatic rings. The lowest BCUT2D eigenvalue weighted by molar-refractivity contribution is 0.0932. The van der Waals surface area contributed by atoms with E-state index in [1.807, 2.05) is 0 Å². The highest BCUT2D eigenvalue weighted by Crippen LogP contribution is 2.42. The molecule has 0 aromatic carbocycles. The molecule has 0 spiro atoms. The van der Waals surface area contributed by atoms with Crippen LogP contribution in [-0.2, 0) is 0 Å². The van der Waals surface area contributed by atoms with Crippen LogP contribution in [0.2, 0.25) is 0 Å². The Morgan fingerprint density at radius 1 is 1.45 bits per heavy atom. The molecule has 2 rings (SSSR count). The van der Waals surface area contributed by atoms with Crippen molar-refractivity contribution in [2.24, 2.45) is 11.8 Å². The average Bonchev–Trinajstić information content (AvgIpc) is 2.26. The monoisotopic (exact) mass is 152 g/mol. The Balaban J connectivity index is 1.85. The van der Waals surface area contributed by atoms with Crippen LogP contribution >= 0.6 is 0 Å². The highest BCUT2D eigenvalue weighted by Gasteiger charge is 2.40. The van der Waals surface area contributed by atoms with E-state index in [1.54, 1.807) is 0 Å². The predicted molar refractivity (Wildman–Crippen MR) is 46.0 cm³/mol. The van der Waals surface area contributed by atoms with Crippen LogP contribution in [0.15, 0.2) is 12.2 Å². The van der Waals surface area contributed by atoms with Crippen LogP contribution in [0.5, 0.6) is 0 Å². The molecule has 1 saturated carbocycles. The summed E-state index contributed by atoms with van der Waals surface area (Å²) in [5.41, 5.74) is 3.43. The van der Waals surface area contributed by atoms with Crippen molar-refractivity contribution < 1.29 is 0 Å². The third kappa shape index (κ3) is 1.21. The fourth-order valence-corrected chi connectivity index (χ4v) is 2.20. The van der Waals surface area contributed by atoms with Gasteiger partial charge in [0.05, 0.1) is 0 Å². The molecule has 62 valence electrons. The van der Waals surface area contributed by atoms with E-state index in [0.717, 1.165) is 11.8 Å². The number of nitrogens with one attached hydrogen (secondary N) is 1. The van der Waals surface area contributed by atoms with Gasteiger partial charge in [-0.1, -0.05) is 12.2 Å². The van der Waals surface area contributed by atoms with Gasteiger partial charge in [0.2, 0.25) is 0 Å². The molecule has 1 N–H and O–H groups in total. The van der Waals surface area contributed by atoms with Crippen molar-refractivity contribution in [3.63, 3.8) is 0 Å². The van der Waals surface area contributed by atoms with Crippen molar-refractivity contribution in [1.82, 2.24) is 10.4 Å². The molecule has 3 atom stereocenters. The largest absolute Gasteiger partial charge is 0.252 e. The van der Waals surface area contributed by atoms with E-state index in [2.05, 4.69) is 36.7 Å². The number of hydrogen-bond acceptors (Lipinski definition) is 2. The first-order chi connectivity index (χ1) is 5.27. The Morgan fingerprint density at radius 2 is 2.27 bits per heavy atom. The first-order valence-electron chi connectivity index (χ1n) is 4.37. The number of rotatable bonds is 2. The maximum atomic E-state index is 3.43. The summed E-state index contributed by atoms with van der Waals surface area (Å²) < 4.78 is 0. The first-order valence-corrected chi connectivity index (χ1v) is 4.37. The summed E-state index contributed by atoms with van der Waals surface area (Å²) in [4.78, 5) is 0. The molecule has 2 aliphatic rings. The number of fused-ring (bicyclic) bond motifs is 1. The third-order valence-electron chi connectivity index (χ3n) is 2.79. The van der Waals surface area contributed by atoms with Crippen LogP contribution in [0.4, 0.5) is 0 Å². The highest BCUT2D eigenvalue weighted by molar-refractivity contribution is 5.12. The minimum absolute atomic E-state index is 0.716. The van der Waals surface area contributed by atoms with E-state index < -0.39 is 0 Å². The Labute approximate surface area is 68.2 Å². The molecule has 3 unspecified atom stereocenters. The van der Waals surface area contributed by atoms with E-state index in [0.29, 0.717) is 6.04 Å². The van der Waals surface area contributed by atoms with Gasteiger partial charge in [0.1, 0.15) is 0 Å². The molecule has 1 fully saturated rings. The molecule has 0 saturated heterocycles. The lowest BCUT2D eigenvalue weighted by atomic mass is 9.72. The van der Waals surface area contributed by atoms with E-state index in [-0.39, 0.29) is 0 Å². The minimum Gasteiger partial charge on any atom is -0.252 e. The van der Waals surface area contributed by atoms with Crippen molar-refractivity contribution in [2.45, 2.75) is 18.9 Å². The van der Waals surface area contributed by atoms with E-state index in [1.165, 1.54) is 12.8 Å². The maximum absolute atomic E-state index is 3.43. The summed E-state index contributed by atoms with van der Waals surface area (Å²) in [5.74, 6) is 1.80. The SMILES string of the molecule is CN(C)NC1CC2CC=CC21. The molecule has 2 nitrogen and oxygen atoms in total. The fourth-order valence-electron chi connectivity index (χ4n) is 2.20. The van der Waals surface area contributed by atoms with Crippen molar-refractivity contribution in [1.29, 1.82) is 0 Å². The zero-order valence-corrected chi connectivity index (χ0v) is 7.25. The quantitative estimate of drug-likeness (QED) is 0.469. The second-order valence-corrected chi connectivity index (χ2v) is 3.87. The van der Waals surface area contributed by atoms with Crippen LogP contribution in [0.1, 0.15) is 12.8 Å². The van der Waals surface area contributed by atoms with Crippen LogP contribution in [0, 0.1) is 11.8 Å². The smallest absolute Gasteiger partial charge is 0.0283 e. The summed E-state index contributed by atoms with van der Waals surface area (Å²) in [6.45, 7) is 0. The Bertz CT molecular complexity index is 174. The Kier molecular flexibility index (Phi) is 1.74. The van der Waals surface area contributed by atoms with E-state index >= 15 is 0 Å². The number of hydrazine groups is 1. The van der Waals surface area contributed by atoms with Gasteiger partial charge >= 0.3 is 0 Å². The number of allylic oxidation sites excluding steroid dienone is 1. The molecule has 0 aliphatic heterocycles. The zero-order valence-electron chi connectivity index (χ0n) is 7.25. The van der Waals surface area contributed by atoms with Gasteiger partial charge in [0, 0.05) is 20.1 Å². The number of nitrogens with zero attached hydrogens (tertiary/aromatic N) is 1. The molecular weight excluding hydrogens is 136 g/mol. The Morgan fingerprint density at radius 3 is 2.91 bits per heavy atom. The topological polar surface area (TPSA) is 15.3 Å². The molecule has 0 amide bonds. The Hall–Kier alpha value is -0.340. The summed E-state index contributed by atoms with van der Waals surface area (Å²) >= 11 is 0. The summed E-state index contributed by atoms with van der Waals surface area (Å²) in [5, 5.41) is 2.06.